The van der Waals surface area contributed by atoms with Crippen LogP contribution in [-0.2, 0) is 0 Å². The third-order valence-corrected chi connectivity index (χ3v) is 2.70. The maximum Gasteiger partial charge on any atom is 0.350 e. The Morgan fingerprint density at radius 2 is 2.44 bits per heavy atom. The highest BCUT2D eigenvalue weighted by Gasteiger charge is 2.27. The molecular weight excluding hydrogens is 213 g/mol. The monoisotopic (exact) mass is 225 g/mol. The second kappa shape index (κ2) is 4.05. The van der Waals surface area contributed by atoms with Gasteiger partial charge in [0.1, 0.15) is 11.6 Å². The molecule has 86 valence electrons. The van der Waals surface area contributed by atoms with Gasteiger partial charge < -0.3 is 10.8 Å². The topological polar surface area (TPSA) is 81.1 Å². The summed E-state index contributed by atoms with van der Waals surface area (Å²) in [6.07, 6.45) is 3.19. The SMILES string of the molecule is Nc1ccn([C@@H]2C=C(F)[C@@H](CO)C2)c(=O)n1. The van der Waals surface area contributed by atoms with Crippen LogP contribution in [0.15, 0.2) is 29.0 Å². The predicted octanol–water partition coefficient (Wildman–Crippen LogP) is 0.232. The van der Waals surface area contributed by atoms with E-state index in [-0.39, 0.29) is 18.3 Å². The number of rotatable bonds is 2. The molecule has 0 spiro atoms. The van der Waals surface area contributed by atoms with Gasteiger partial charge in [-0.3, -0.25) is 4.57 Å². The van der Waals surface area contributed by atoms with E-state index in [1.54, 1.807) is 0 Å². The van der Waals surface area contributed by atoms with Crippen molar-refractivity contribution < 1.29 is 9.50 Å². The molecule has 1 aromatic heterocycles. The van der Waals surface area contributed by atoms with Crippen molar-refractivity contribution in [3.8, 4) is 0 Å². The van der Waals surface area contributed by atoms with Crippen LogP contribution in [0.3, 0.4) is 0 Å². The lowest BCUT2D eigenvalue weighted by Crippen LogP contribution is -2.26. The second-order valence-corrected chi connectivity index (χ2v) is 3.78. The quantitative estimate of drug-likeness (QED) is 0.755. The van der Waals surface area contributed by atoms with Crippen molar-refractivity contribution in [1.29, 1.82) is 0 Å². The van der Waals surface area contributed by atoms with Gasteiger partial charge in [0.25, 0.3) is 0 Å². The Kier molecular flexibility index (Phi) is 2.74. The number of aliphatic hydroxyl groups excluding tert-OH is 1. The molecule has 0 saturated heterocycles. The van der Waals surface area contributed by atoms with Crippen molar-refractivity contribution in [2.24, 2.45) is 5.92 Å². The Balaban J connectivity index is 2.31. The molecule has 1 heterocycles. The molecule has 2 rings (SSSR count). The number of aromatic nitrogens is 2. The zero-order chi connectivity index (χ0) is 11.7. The van der Waals surface area contributed by atoms with E-state index in [1.807, 2.05) is 0 Å². The Hall–Kier alpha value is -1.69. The summed E-state index contributed by atoms with van der Waals surface area (Å²) in [4.78, 5) is 15.1. The van der Waals surface area contributed by atoms with Gasteiger partial charge in [-0.25, -0.2) is 9.18 Å². The van der Waals surface area contributed by atoms with Crippen LogP contribution in [0.1, 0.15) is 12.5 Å². The molecule has 0 saturated carbocycles. The normalized spacial score (nSPS) is 24.5. The summed E-state index contributed by atoms with van der Waals surface area (Å²) in [6, 6.07) is 1.09. The highest BCUT2D eigenvalue weighted by Crippen LogP contribution is 2.33. The van der Waals surface area contributed by atoms with Crippen molar-refractivity contribution in [1.82, 2.24) is 9.55 Å². The Morgan fingerprint density at radius 3 is 3.00 bits per heavy atom. The number of nitrogen functional groups attached to an aromatic ring is 1. The van der Waals surface area contributed by atoms with E-state index in [0.29, 0.717) is 6.42 Å². The number of anilines is 1. The minimum atomic E-state index is -0.519. The summed E-state index contributed by atoms with van der Waals surface area (Å²) >= 11 is 0. The van der Waals surface area contributed by atoms with Crippen molar-refractivity contribution in [2.45, 2.75) is 12.5 Å². The van der Waals surface area contributed by atoms with Gasteiger partial charge in [0.05, 0.1) is 12.6 Å². The average Bonchev–Trinajstić information content (AvgIpc) is 2.59. The summed E-state index contributed by atoms with van der Waals surface area (Å²) in [7, 11) is 0. The van der Waals surface area contributed by atoms with E-state index in [0.717, 1.165) is 0 Å². The van der Waals surface area contributed by atoms with Gasteiger partial charge in [0, 0.05) is 12.1 Å². The van der Waals surface area contributed by atoms with E-state index >= 15 is 0 Å². The van der Waals surface area contributed by atoms with Crippen LogP contribution in [-0.4, -0.2) is 21.3 Å². The Morgan fingerprint density at radius 1 is 1.69 bits per heavy atom. The number of allylic oxidation sites excluding steroid dienone is 1. The fourth-order valence-corrected chi connectivity index (χ4v) is 1.83. The number of aliphatic hydroxyl groups is 1. The van der Waals surface area contributed by atoms with Gasteiger partial charge in [0.15, 0.2) is 0 Å². The molecule has 5 nitrogen and oxygen atoms in total. The first-order chi connectivity index (χ1) is 7.61. The molecule has 1 aliphatic carbocycles. The first-order valence-electron chi connectivity index (χ1n) is 4.94. The van der Waals surface area contributed by atoms with Crippen LogP contribution in [0.5, 0.6) is 0 Å². The fraction of sp³-hybridized carbons (Fsp3) is 0.400. The molecular formula is C10H12FN3O2. The number of hydrogen-bond acceptors (Lipinski definition) is 4. The lowest BCUT2D eigenvalue weighted by molar-refractivity contribution is 0.223. The molecule has 0 aromatic carbocycles. The van der Waals surface area contributed by atoms with Crippen LogP contribution in [0.25, 0.3) is 0 Å². The number of halogens is 1. The third-order valence-electron chi connectivity index (χ3n) is 2.70. The van der Waals surface area contributed by atoms with Gasteiger partial charge in [-0.15, -0.1) is 0 Å². The smallest absolute Gasteiger partial charge is 0.350 e. The van der Waals surface area contributed by atoms with Gasteiger partial charge in [0.2, 0.25) is 0 Å². The zero-order valence-corrected chi connectivity index (χ0v) is 8.51. The number of nitrogens with zero attached hydrogens (tertiary/aromatic N) is 2. The summed E-state index contributed by atoms with van der Waals surface area (Å²) in [5.41, 5.74) is 4.85. The average molecular weight is 225 g/mol. The maximum atomic E-state index is 13.3. The molecule has 2 atom stereocenters. The molecule has 0 radical (unpaired) electrons. The number of nitrogens with two attached hydrogens (primary N) is 1. The molecule has 16 heavy (non-hydrogen) atoms. The van der Waals surface area contributed by atoms with Gasteiger partial charge in [-0.1, -0.05) is 0 Å². The van der Waals surface area contributed by atoms with Crippen molar-refractivity contribution in [2.75, 3.05) is 12.3 Å². The Bertz CT molecular complexity index is 483. The predicted molar refractivity (Wildman–Crippen MR) is 56.3 cm³/mol. The molecule has 0 fully saturated rings. The lowest BCUT2D eigenvalue weighted by atomic mass is 10.1. The molecule has 0 bridgehead atoms. The first kappa shape index (κ1) is 10.8. The van der Waals surface area contributed by atoms with Crippen LogP contribution < -0.4 is 11.4 Å². The lowest BCUT2D eigenvalue weighted by Gasteiger charge is -2.12. The van der Waals surface area contributed by atoms with Crippen molar-refractivity contribution in [3.05, 3.63) is 34.7 Å². The van der Waals surface area contributed by atoms with Gasteiger partial charge in [-0.05, 0) is 18.6 Å². The summed E-state index contributed by atoms with van der Waals surface area (Å²) in [5, 5.41) is 8.91. The van der Waals surface area contributed by atoms with Gasteiger partial charge in [-0.2, -0.15) is 4.98 Å². The van der Waals surface area contributed by atoms with E-state index in [2.05, 4.69) is 4.98 Å². The standard InChI is InChI=1S/C10H12FN3O2/c11-8-4-7(3-6(8)5-15)14-2-1-9(12)13-10(14)16/h1-2,4,6-7,15H,3,5H2,(H2,12,13,16)/t6-,7+/m1/s1. The minimum absolute atomic E-state index is 0.141. The summed E-state index contributed by atoms with van der Waals surface area (Å²) in [5.74, 6) is -0.756. The highest BCUT2D eigenvalue weighted by molar-refractivity contribution is 5.24. The van der Waals surface area contributed by atoms with E-state index in [1.165, 1.54) is 22.9 Å². The molecule has 6 heteroatoms. The Labute approximate surface area is 91.0 Å². The number of hydrogen-bond donors (Lipinski definition) is 2. The molecule has 1 aliphatic rings. The van der Waals surface area contributed by atoms with Crippen LogP contribution in [0.2, 0.25) is 0 Å². The van der Waals surface area contributed by atoms with Crippen LogP contribution in [0.4, 0.5) is 10.2 Å². The molecule has 0 aliphatic heterocycles. The van der Waals surface area contributed by atoms with E-state index in [4.69, 9.17) is 10.8 Å². The fourth-order valence-electron chi connectivity index (χ4n) is 1.83. The largest absolute Gasteiger partial charge is 0.396 e. The van der Waals surface area contributed by atoms with Crippen LogP contribution in [0, 0.1) is 5.92 Å². The molecule has 3 N–H and O–H groups in total. The molecule has 1 aromatic rings. The van der Waals surface area contributed by atoms with E-state index < -0.39 is 17.6 Å². The highest BCUT2D eigenvalue weighted by atomic mass is 19.1. The maximum absolute atomic E-state index is 13.3. The third kappa shape index (κ3) is 1.83. The summed E-state index contributed by atoms with van der Waals surface area (Å²) in [6.45, 7) is -0.254. The minimum Gasteiger partial charge on any atom is -0.396 e. The zero-order valence-electron chi connectivity index (χ0n) is 8.51. The molecule has 0 unspecified atom stereocenters. The van der Waals surface area contributed by atoms with Crippen molar-refractivity contribution in [3.63, 3.8) is 0 Å². The molecule has 0 amide bonds. The van der Waals surface area contributed by atoms with Crippen molar-refractivity contribution >= 4 is 5.82 Å². The van der Waals surface area contributed by atoms with Crippen LogP contribution >= 0.6 is 0 Å². The van der Waals surface area contributed by atoms with Gasteiger partial charge >= 0.3 is 5.69 Å². The summed E-state index contributed by atoms with van der Waals surface area (Å²) < 4.78 is 14.6. The first-order valence-corrected chi connectivity index (χ1v) is 4.94. The van der Waals surface area contributed by atoms with E-state index in [9.17, 15) is 9.18 Å². The second-order valence-electron chi connectivity index (χ2n) is 3.78.